The molecule has 0 saturated heterocycles. The van der Waals surface area contributed by atoms with E-state index < -0.39 is 0 Å². The molecule has 2 unspecified atom stereocenters. The van der Waals surface area contributed by atoms with Crippen molar-refractivity contribution >= 4 is 5.91 Å². The molecule has 2 atom stereocenters. The molecule has 23 heavy (non-hydrogen) atoms. The van der Waals surface area contributed by atoms with Crippen LogP contribution in [0.5, 0.6) is 0 Å². The van der Waals surface area contributed by atoms with Gasteiger partial charge in [0.1, 0.15) is 6.54 Å². The normalized spacial score (nSPS) is 13.6. The average molecular weight is 317 g/mol. The lowest BCUT2D eigenvalue weighted by Gasteiger charge is -2.13. The minimum absolute atomic E-state index is 0.0280. The SMILES string of the molecule is Cc1ccc(-c2nnn(CC(=O)NCC(C)CC(C)O)n2)cc1. The standard InChI is InChI=1S/C16H23N5O2/c1-11-4-6-14(7-5-11)16-18-20-21(19-16)10-15(23)17-9-12(2)8-13(3)22/h4-7,12-13,22H,8-10H2,1-3H3,(H,17,23). The number of aliphatic hydroxyl groups is 1. The van der Waals surface area contributed by atoms with E-state index in [9.17, 15) is 9.90 Å². The molecule has 1 heterocycles. The summed E-state index contributed by atoms with van der Waals surface area (Å²) >= 11 is 0. The van der Waals surface area contributed by atoms with Gasteiger partial charge in [0.2, 0.25) is 11.7 Å². The number of carbonyl (C=O) groups excluding carboxylic acids is 1. The predicted molar refractivity (Wildman–Crippen MR) is 86.5 cm³/mol. The Morgan fingerprint density at radius 1 is 1.30 bits per heavy atom. The Hall–Kier alpha value is -2.28. The van der Waals surface area contributed by atoms with Gasteiger partial charge in [0, 0.05) is 12.1 Å². The molecule has 0 saturated carbocycles. The van der Waals surface area contributed by atoms with Gasteiger partial charge in [-0.25, -0.2) is 0 Å². The van der Waals surface area contributed by atoms with Crippen molar-refractivity contribution in [1.29, 1.82) is 0 Å². The molecule has 7 nitrogen and oxygen atoms in total. The second kappa shape index (κ2) is 7.82. The van der Waals surface area contributed by atoms with Gasteiger partial charge in [-0.2, -0.15) is 4.80 Å². The van der Waals surface area contributed by atoms with E-state index in [0.29, 0.717) is 18.8 Å². The quantitative estimate of drug-likeness (QED) is 0.799. The van der Waals surface area contributed by atoms with Crippen LogP contribution in [0.3, 0.4) is 0 Å². The van der Waals surface area contributed by atoms with E-state index in [1.165, 1.54) is 4.80 Å². The lowest BCUT2D eigenvalue weighted by molar-refractivity contribution is -0.122. The van der Waals surface area contributed by atoms with Gasteiger partial charge in [0.15, 0.2) is 0 Å². The van der Waals surface area contributed by atoms with Crippen LogP contribution in [0.25, 0.3) is 11.4 Å². The first-order valence-corrected chi connectivity index (χ1v) is 7.73. The largest absolute Gasteiger partial charge is 0.393 e. The summed E-state index contributed by atoms with van der Waals surface area (Å²) in [6.07, 6.45) is 0.287. The molecule has 7 heteroatoms. The van der Waals surface area contributed by atoms with Crippen molar-refractivity contribution in [2.45, 2.75) is 39.8 Å². The number of benzene rings is 1. The second-order valence-electron chi connectivity index (χ2n) is 6.00. The third kappa shape index (κ3) is 5.45. The number of aliphatic hydroxyl groups excluding tert-OH is 1. The van der Waals surface area contributed by atoms with Crippen LogP contribution in [0.15, 0.2) is 24.3 Å². The Bertz CT molecular complexity index is 636. The van der Waals surface area contributed by atoms with Crippen molar-refractivity contribution in [2.24, 2.45) is 5.92 Å². The third-order valence-corrected chi connectivity index (χ3v) is 3.44. The van der Waals surface area contributed by atoms with Crippen LogP contribution >= 0.6 is 0 Å². The van der Waals surface area contributed by atoms with Gasteiger partial charge in [0.25, 0.3) is 0 Å². The molecule has 0 bridgehead atoms. The van der Waals surface area contributed by atoms with Crippen molar-refractivity contribution in [3.05, 3.63) is 29.8 Å². The van der Waals surface area contributed by atoms with E-state index in [4.69, 9.17) is 0 Å². The van der Waals surface area contributed by atoms with E-state index in [-0.39, 0.29) is 24.5 Å². The molecule has 0 fully saturated rings. The summed E-state index contributed by atoms with van der Waals surface area (Å²) in [6, 6.07) is 7.81. The maximum absolute atomic E-state index is 11.9. The monoisotopic (exact) mass is 317 g/mol. The number of rotatable bonds is 7. The Kier molecular flexibility index (Phi) is 5.81. The van der Waals surface area contributed by atoms with Crippen molar-refractivity contribution in [3.63, 3.8) is 0 Å². The maximum Gasteiger partial charge on any atom is 0.243 e. The van der Waals surface area contributed by atoms with Gasteiger partial charge in [0.05, 0.1) is 6.10 Å². The summed E-state index contributed by atoms with van der Waals surface area (Å²) < 4.78 is 0. The molecule has 2 aromatic rings. The van der Waals surface area contributed by atoms with Gasteiger partial charge < -0.3 is 10.4 Å². The van der Waals surface area contributed by atoms with Crippen molar-refractivity contribution in [3.8, 4) is 11.4 Å². The van der Waals surface area contributed by atoms with Crippen LogP contribution in [0, 0.1) is 12.8 Å². The smallest absolute Gasteiger partial charge is 0.243 e. The molecule has 1 aromatic heterocycles. The summed E-state index contributed by atoms with van der Waals surface area (Å²) in [5.41, 5.74) is 2.03. The summed E-state index contributed by atoms with van der Waals surface area (Å²) in [6.45, 7) is 6.28. The fraction of sp³-hybridized carbons (Fsp3) is 0.500. The Labute approximate surface area is 135 Å². The zero-order valence-electron chi connectivity index (χ0n) is 13.7. The number of nitrogens with zero attached hydrogens (tertiary/aromatic N) is 4. The number of tetrazole rings is 1. The van der Waals surface area contributed by atoms with E-state index in [2.05, 4.69) is 20.7 Å². The van der Waals surface area contributed by atoms with E-state index >= 15 is 0 Å². The highest BCUT2D eigenvalue weighted by Crippen LogP contribution is 2.13. The molecule has 0 aliphatic heterocycles. The number of hydrogen-bond acceptors (Lipinski definition) is 5. The molecule has 2 rings (SSSR count). The van der Waals surface area contributed by atoms with E-state index in [1.807, 2.05) is 38.1 Å². The molecular weight excluding hydrogens is 294 g/mol. The summed E-state index contributed by atoms with van der Waals surface area (Å²) in [4.78, 5) is 13.2. The van der Waals surface area contributed by atoms with Crippen molar-refractivity contribution < 1.29 is 9.90 Å². The first kappa shape index (κ1) is 17.1. The van der Waals surface area contributed by atoms with Crippen LogP contribution in [0.1, 0.15) is 25.8 Å². The molecule has 0 aliphatic carbocycles. The number of carbonyl (C=O) groups is 1. The first-order valence-electron chi connectivity index (χ1n) is 7.73. The highest BCUT2D eigenvalue weighted by molar-refractivity contribution is 5.75. The molecule has 2 N–H and O–H groups in total. The number of nitrogens with one attached hydrogen (secondary N) is 1. The van der Waals surface area contributed by atoms with Gasteiger partial charge in [-0.05, 0) is 31.4 Å². The molecule has 1 amide bonds. The van der Waals surface area contributed by atoms with Crippen molar-refractivity contribution in [2.75, 3.05) is 6.54 Å². The fourth-order valence-electron chi connectivity index (χ4n) is 2.27. The van der Waals surface area contributed by atoms with Crippen LogP contribution in [-0.4, -0.2) is 43.9 Å². The molecule has 0 radical (unpaired) electrons. The Morgan fingerprint density at radius 3 is 2.65 bits per heavy atom. The van der Waals surface area contributed by atoms with E-state index in [1.54, 1.807) is 6.92 Å². The van der Waals surface area contributed by atoms with Crippen LogP contribution in [0.4, 0.5) is 0 Å². The number of amides is 1. The van der Waals surface area contributed by atoms with Crippen LogP contribution < -0.4 is 5.32 Å². The van der Waals surface area contributed by atoms with Gasteiger partial charge in [-0.3, -0.25) is 4.79 Å². The minimum Gasteiger partial charge on any atom is -0.393 e. The summed E-state index contributed by atoms with van der Waals surface area (Å²) in [5, 5.41) is 24.2. The Morgan fingerprint density at radius 2 is 2.00 bits per heavy atom. The molecule has 0 aliphatic rings. The molecular formula is C16H23N5O2. The topological polar surface area (TPSA) is 92.9 Å². The lowest BCUT2D eigenvalue weighted by atomic mass is 10.1. The van der Waals surface area contributed by atoms with Crippen molar-refractivity contribution in [1.82, 2.24) is 25.5 Å². The predicted octanol–water partition coefficient (Wildman–Crippen LogP) is 1.17. The summed E-state index contributed by atoms with van der Waals surface area (Å²) in [5.74, 6) is 0.543. The van der Waals surface area contributed by atoms with E-state index in [0.717, 1.165) is 11.1 Å². The minimum atomic E-state index is -0.365. The molecule has 124 valence electrons. The second-order valence-corrected chi connectivity index (χ2v) is 6.00. The van der Waals surface area contributed by atoms with Crippen LogP contribution in [-0.2, 0) is 11.3 Å². The number of aryl methyl sites for hydroxylation is 1. The van der Waals surface area contributed by atoms with Crippen LogP contribution in [0.2, 0.25) is 0 Å². The highest BCUT2D eigenvalue weighted by atomic mass is 16.3. The number of aromatic nitrogens is 4. The first-order chi connectivity index (χ1) is 10.9. The average Bonchev–Trinajstić information content (AvgIpc) is 2.93. The molecule has 0 spiro atoms. The fourth-order valence-corrected chi connectivity index (χ4v) is 2.27. The van der Waals surface area contributed by atoms with Gasteiger partial charge in [-0.1, -0.05) is 36.8 Å². The van der Waals surface area contributed by atoms with Gasteiger partial charge >= 0.3 is 0 Å². The maximum atomic E-state index is 11.9. The number of hydrogen-bond donors (Lipinski definition) is 2. The third-order valence-electron chi connectivity index (χ3n) is 3.44. The van der Waals surface area contributed by atoms with Gasteiger partial charge in [-0.15, -0.1) is 10.2 Å². The Balaban J connectivity index is 1.86. The zero-order chi connectivity index (χ0) is 16.8. The molecule has 1 aromatic carbocycles. The summed E-state index contributed by atoms with van der Waals surface area (Å²) in [7, 11) is 0. The zero-order valence-corrected chi connectivity index (χ0v) is 13.7. The lowest BCUT2D eigenvalue weighted by Crippen LogP contribution is -2.32. The highest BCUT2D eigenvalue weighted by Gasteiger charge is 2.11.